The van der Waals surface area contributed by atoms with Gasteiger partial charge in [0.2, 0.25) is 0 Å². The number of hydrazine groups is 1. The van der Waals surface area contributed by atoms with Crippen molar-refractivity contribution in [2.75, 3.05) is 0 Å². The van der Waals surface area contributed by atoms with Crippen molar-refractivity contribution in [2.45, 2.75) is 12.7 Å². The number of H-pyrrole nitrogens is 1. The molecule has 0 bridgehead atoms. The molecule has 0 spiro atoms. The van der Waals surface area contributed by atoms with Gasteiger partial charge < -0.3 is 0 Å². The van der Waals surface area contributed by atoms with Crippen molar-refractivity contribution in [3.05, 3.63) is 60.0 Å². The third kappa shape index (κ3) is 4.51. The number of halogens is 3. The van der Waals surface area contributed by atoms with E-state index < -0.39 is 30.2 Å². The molecule has 8 nitrogen and oxygen atoms in total. The van der Waals surface area contributed by atoms with Gasteiger partial charge in [-0.15, -0.1) is 0 Å². The van der Waals surface area contributed by atoms with E-state index in [2.05, 4.69) is 26.1 Å². The van der Waals surface area contributed by atoms with Crippen molar-refractivity contribution in [3.8, 4) is 11.3 Å². The number of aromatic amines is 1. The van der Waals surface area contributed by atoms with E-state index in [1.165, 1.54) is 6.07 Å². The summed E-state index contributed by atoms with van der Waals surface area (Å²) >= 11 is 0. The normalized spacial score (nSPS) is 11.2. The third-order valence-corrected chi connectivity index (χ3v) is 3.44. The van der Waals surface area contributed by atoms with Crippen molar-refractivity contribution in [1.29, 1.82) is 0 Å². The predicted molar refractivity (Wildman–Crippen MR) is 86.9 cm³/mol. The number of nitrogens with one attached hydrogen (secondary N) is 3. The average molecular weight is 378 g/mol. The predicted octanol–water partition coefficient (Wildman–Crippen LogP) is 1.75. The molecule has 0 unspecified atom stereocenters. The monoisotopic (exact) mass is 378 g/mol. The Morgan fingerprint density at radius 1 is 1.11 bits per heavy atom. The first-order valence-electron chi connectivity index (χ1n) is 7.63. The van der Waals surface area contributed by atoms with Gasteiger partial charge in [0.1, 0.15) is 12.2 Å². The number of nitrogens with zero attached hydrogens (tertiary/aromatic N) is 3. The van der Waals surface area contributed by atoms with Gasteiger partial charge in [-0.05, 0) is 12.1 Å². The third-order valence-electron chi connectivity index (χ3n) is 3.44. The van der Waals surface area contributed by atoms with E-state index >= 15 is 0 Å². The second-order valence-corrected chi connectivity index (χ2v) is 5.43. The highest BCUT2D eigenvalue weighted by atomic mass is 19.4. The lowest BCUT2D eigenvalue weighted by atomic mass is 10.1. The first kappa shape index (κ1) is 18.2. The molecule has 0 aliphatic heterocycles. The fourth-order valence-electron chi connectivity index (χ4n) is 2.18. The lowest BCUT2D eigenvalue weighted by Crippen LogP contribution is -2.43. The summed E-state index contributed by atoms with van der Waals surface area (Å²) in [5.41, 5.74) is 4.59. The van der Waals surface area contributed by atoms with Gasteiger partial charge in [-0.1, -0.05) is 30.3 Å². The molecule has 3 N–H and O–H groups in total. The molecule has 3 rings (SSSR count). The number of alkyl halides is 3. The Morgan fingerprint density at radius 2 is 1.85 bits per heavy atom. The van der Waals surface area contributed by atoms with Crippen LogP contribution in [0, 0.1) is 0 Å². The summed E-state index contributed by atoms with van der Waals surface area (Å²) in [7, 11) is 0. The van der Waals surface area contributed by atoms with Gasteiger partial charge >= 0.3 is 6.18 Å². The lowest BCUT2D eigenvalue weighted by molar-refractivity contribution is -0.141. The van der Waals surface area contributed by atoms with Crippen LogP contribution in [0.5, 0.6) is 0 Å². The molecule has 0 saturated heterocycles. The molecule has 3 aromatic rings. The zero-order valence-electron chi connectivity index (χ0n) is 13.6. The van der Waals surface area contributed by atoms with E-state index in [1.807, 2.05) is 30.3 Å². The minimum Gasteiger partial charge on any atom is -0.272 e. The quantitative estimate of drug-likeness (QED) is 0.602. The molecule has 140 valence electrons. The molecule has 2 aromatic heterocycles. The summed E-state index contributed by atoms with van der Waals surface area (Å²) < 4.78 is 38.2. The largest absolute Gasteiger partial charge is 0.435 e. The number of carbonyl (C=O) groups excluding carboxylic acids is 2. The van der Waals surface area contributed by atoms with Crippen molar-refractivity contribution in [2.24, 2.45) is 0 Å². The highest BCUT2D eigenvalue weighted by molar-refractivity contribution is 5.94. The summed E-state index contributed by atoms with van der Waals surface area (Å²) in [5.74, 6) is -1.41. The Bertz CT molecular complexity index is 948. The van der Waals surface area contributed by atoms with Crippen LogP contribution in [0.2, 0.25) is 0 Å². The number of hydrogen-bond acceptors (Lipinski definition) is 4. The van der Waals surface area contributed by atoms with Gasteiger partial charge in [0.15, 0.2) is 5.69 Å². The molecule has 0 aliphatic rings. The molecular formula is C16H13F3N6O2. The molecule has 2 amide bonds. The van der Waals surface area contributed by atoms with Gasteiger partial charge in [-0.25, -0.2) is 0 Å². The number of amides is 2. The topological polar surface area (TPSA) is 105 Å². The van der Waals surface area contributed by atoms with E-state index in [9.17, 15) is 22.8 Å². The van der Waals surface area contributed by atoms with E-state index in [1.54, 1.807) is 0 Å². The Hall–Kier alpha value is -3.63. The van der Waals surface area contributed by atoms with Crippen LogP contribution in [0.1, 0.15) is 16.2 Å². The van der Waals surface area contributed by atoms with Crippen LogP contribution >= 0.6 is 0 Å². The minimum atomic E-state index is -4.59. The van der Waals surface area contributed by atoms with Crippen molar-refractivity contribution in [1.82, 2.24) is 30.8 Å². The van der Waals surface area contributed by atoms with E-state index in [0.717, 1.165) is 22.5 Å². The van der Waals surface area contributed by atoms with Gasteiger partial charge in [0.25, 0.3) is 11.8 Å². The van der Waals surface area contributed by atoms with Crippen molar-refractivity contribution in [3.63, 3.8) is 0 Å². The first-order valence-corrected chi connectivity index (χ1v) is 7.63. The zero-order valence-corrected chi connectivity index (χ0v) is 13.6. The maximum absolute atomic E-state index is 12.5. The van der Waals surface area contributed by atoms with Crippen LogP contribution in [0.25, 0.3) is 11.3 Å². The summed E-state index contributed by atoms with van der Waals surface area (Å²) in [4.78, 5) is 23.8. The zero-order chi connectivity index (χ0) is 19.4. The molecule has 2 heterocycles. The maximum atomic E-state index is 12.5. The highest BCUT2D eigenvalue weighted by Crippen LogP contribution is 2.27. The number of rotatable bonds is 4. The number of hydrogen-bond donors (Lipinski definition) is 3. The van der Waals surface area contributed by atoms with Crippen LogP contribution < -0.4 is 10.9 Å². The van der Waals surface area contributed by atoms with Crippen LogP contribution in [0.15, 0.2) is 48.7 Å². The van der Waals surface area contributed by atoms with Gasteiger partial charge in [-0.2, -0.15) is 23.4 Å². The number of aromatic nitrogens is 4. The van der Waals surface area contributed by atoms with Crippen molar-refractivity contribution >= 4 is 11.8 Å². The van der Waals surface area contributed by atoms with Crippen LogP contribution in [-0.2, 0) is 17.5 Å². The fraction of sp³-hybridized carbons (Fsp3) is 0.125. The standard InChI is InChI=1S/C16H13F3N6O2/c17-16(18,19)13-6-7-25(24-13)9-14(26)22-23-15(27)12-8-11(20-21-12)10-4-2-1-3-5-10/h1-8H,9H2,(H,20,21)(H,22,26)(H,23,27). The number of carbonyl (C=O) groups is 2. The van der Waals surface area contributed by atoms with E-state index in [-0.39, 0.29) is 5.69 Å². The van der Waals surface area contributed by atoms with Crippen molar-refractivity contribution < 1.29 is 22.8 Å². The summed E-state index contributed by atoms with van der Waals surface area (Å²) in [6.07, 6.45) is -3.57. The molecule has 0 atom stereocenters. The van der Waals surface area contributed by atoms with Gasteiger partial charge in [0.05, 0.1) is 5.69 Å². The Morgan fingerprint density at radius 3 is 2.52 bits per heavy atom. The fourth-order valence-corrected chi connectivity index (χ4v) is 2.18. The van der Waals surface area contributed by atoms with E-state index in [0.29, 0.717) is 5.69 Å². The lowest BCUT2D eigenvalue weighted by Gasteiger charge is -2.06. The molecule has 0 radical (unpaired) electrons. The molecule has 27 heavy (non-hydrogen) atoms. The molecule has 0 fully saturated rings. The summed E-state index contributed by atoms with van der Waals surface area (Å²) in [6, 6.07) is 11.4. The molecule has 0 saturated carbocycles. The highest BCUT2D eigenvalue weighted by Gasteiger charge is 2.33. The Labute approximate surface area is 150 Å². The molecule has 1 aromatic carbocycles. The Balaban J connectivity index is 1.54. The van der Waals surface area contributed by atoms with E-state index in [4.69, 9.17) is 0 Å². The minimum absolute atomic E-state index is 0.104. The van der Waals surface area contributed by atoms with Crippen LogP contribution in [0.4, 0.5) is 13.2 Å². The molecule has 11 heteroatoms. The summed E-state index contributed by atoms with van der Waals surface area (Å²) in [5, 5.41) is 9.80. The molecule has 0 aliphatic carbocycles. The second kappa shape index (κ2) is 7.32. The molecular weight excluding hydrogens is 365 g/mol. The van der Waals surface area contributed by atoms with Gasteiger partial charge in [0, 0.05) is 11.8 Å². The van der Waals surface area contributed by atoms with Gasteiger partial charge in [-0.3, -0.25) is 30.2 Å². The smallest absolute Gasteiger partial charge is 0.272 e. The average Bonchev–Trinajstić information content (AvgIpc) is 3.30. The first-order chi connectivity index (χ1) is 12.8. The SMILES string of the molecule is O=C(Cn1ccc(C(F)(F)F)n1)NNC(=O)c1cc(-c2ccccc2)n[nH]1. The second-order valence-electron chi connectivity index (χ2n) is 5.43. The Kier molecular flexibility index (Phi) is 4.92. The summed E-state index contributed by atoms with van der Waals surface area (Å²) in [6.45, 7) is -0.491. The van der Waals surface area contributed by atoms with Crippen LogP contribution in [0.3, 0.4) is 0 Å². The van der Waals surface area contributed by atoms with Crippen LogP contribution in [-0.4, -0.2) is 31.8 Å². The maximum Gasteiger partial charge on any atom is 0.435 e. The number of benzene rings is 1.